The molecule has 0 aromatic rings. The van der Waals surface area contributed by atoms with Gasteiger partial charge in [0.1, 0.15) is 0 Å². The van der Waals surface area contributed by atoms with Gasteiger partial charge >= 0.3 is 0 Å². The molecule has 3 nitrogen and oxygen atoms in total. The Hall–Kier alpha value is -0.730. The van der Waals surface area contributed by atoms with Crippen molar-refractivity contribution in [1.29, 1.82) is 0 Å². The molecule has 0 saturated heterocycles. The fourth-order valence-electron chi connectivity index (χ4n) is 0.855. The number of hydrogen-bond donors (Lipinski definition) is 2. The molecule has 3 N–H and O–H groups in total. The van der Waals surface area contributed by atoms with Gasteiger partial charge in [-0.2, -0.15) is 0 Å². The first-order valence-corrected chi connectivity index (χ1v) is 3.25. The largest absolute Gasteiger partial charge is 0.370 e. The highest BCUT2D eigenvalue weighted by atomic mass is 15.2. The van der Waals surface area contributed by atoms with Crippen LogP contribution in [-0.4, -0.2) is 18.0 Å². The molecule has 0 aromatic carbocycles. The van der Waals surface area contributed by atoms with E-state index in [4.69, 9.17) is 5.73 Å². The second-order valence-electron chi connectivity index (χ2n) is 2.70. The maximum absolute atomic E-state index is 5.42. The van der Waals surface area contributed by atoms with E-state index in [-0.39, 0.29) is 5.54 Å². The molecule has 0 radical (unpaired) electrons. The van der Waals surface area contributed by atoms with Crippen LogP contribution in [0.3, 0.4) is 0 Å². The van der Waals surface area contributed by atoms with Gasteiger partial charge in [0, 0.05) is 6.54 Å². The van der Waals surface area contributed by atoms with Gasteiger partial charge in [-0.3, -0.25) is 0 Å². The predicted octanol–water partition coefficient (Wildman–Crippen LogP) is 0.0730. The van der Waals surface area contributed by atoms with Crippen LogP contribution in [0, 0.1) is 0 Å². The van der Waals surface area contributed by atoms with E-state index in [1.54, 1.807) is 0 Å². The monoisotopic (exact) mass is 127 g/mol. The summed E-state index contributed by atoms with van der Waals surface area (Å²) in [6.07, 6.45) is 1.04. The topological polar surface area (TPSA) is 50.4 Å². The lowest BCUT2D eigenvalue weighted by molar-refractivity contribution is 0.479. The molecule has 0 aliphatic carbocycles. The third kappa shape index (κ3) is 1.15. The van der Waals surface area contributed by atoms with Crippen LogP contribution in [0.4, 0.5) is 0 Å². The Kier molecular flexibility index (Phi) is 1.35. The summed E-state index contributed by atoms with van der Waals surface area (Å²) in [5, 5.41) is 2.99. The Balaban J connectivity index is 2.64. The van der Waals surface area contributed by atoms with E-state index >= 15 is 0 Å². The zero-order chi connectivity index (χ0) is 6.91. The van der Waals surface area contributed by atoms with Crippen molar-refractivity contribution in [2.75, 3.05) is 6.54 Å². The number of guanidine groups is 1. The van der Waals surface area contributed by atoms with Crippen molar-refractivity contribution in [2.24, 2.45) is 10.7 Å². The molecule has 9 heavy (non-hydrogen) atoms. The van der Waals surface area contributed by atoms with Crippen molar-refractivity contribution in [3.63, 3.8) is 0 Å². The zero-order valence-corrected chi connectivity index (χ0v) is 5.94. The maximum Gasteiger partial charge on any atom is 0.189 e. The molecule has 0 bridgehead atoms. The Morgan fingerprint density at radius 3 is 2.78 bits per heavy atom. The number of aliphatic imine (C=N–C) groups is 1. The molecule has 1 aliphatic rings. The quantitative estimate of drug-likeness (QED) is 0.524. The summed E-state index contributed by atoms with van der Waals surface area (Å²) in [6, 6.07) is 0. The minimum atomic E-state index is 0.0596. The summed E-state index contributed by atoms with van der Waals surface area (Å²) in [6.45, 7) is 5.10. The molecule has 1 atom stereocenters. The standard InChI is InChI=1S/C6H13N3/c1-3-6(2)4-8-5(7)9-6/h3-4H2,1-2H3,(H3,7,8,9). The first kappa shape index (κ1) is 6.39. The molecule has 1 rings (SSSR count). The second-order valence-corrected chi connectivity index (χ2v) is 2.70. The van der Waals surface area contributed by atoms with Crippen molar-refractivity contribution in [2.45, 2.75) is 25.8 Å². The van der Waals surface area contributed by atoms with E-state index in [1.165, 1.54) is 0 Å². The summed E-state index contributed by atoms with van der Waals surface area (Å²) >= 11 is 0. The number of nitrogens with two attached hydrogens (primary N) is 1. The summed E-state index contributed by atoms with van der Waals surface area (Å²) in [7, 11) is 0. The molecule has 1 aliphatic heterocycles. The van der Waals surface area contributed by atoms with Gasteiger partial charge in [0.05, 0.1) is 5.54 Å². The van der Waals surface area contributed by atoms with E-state index in [1.807, 2.05) is 0 Å². The van der Waals surface area contributed by atoms with Crippen LogP contribution < -0.4 is 11.1 Å². The van der Waals surface area contributed by atoms with Crippen molar-refractivity contribution < 1.29 is 0 Å². The van der Waals surface area contributed by atoms with Gasteiger partial charge in [0.25, 0.3) is 0 Å². The molecule has 0 aromatic heterocycles. The molecule has 1 unspecified atom stereocenters. The minimum absolute atomic E-state index is 0.0596. The van der Waals surface area contributed by atoms with Crippen molar-refractivity contribution in [3.8, 4) is 0 Å². The average molecular weight is 127 g/mol. The number of nitrogens with zero attached hydrogens (tertiary/aromatic N) is 1. The lowest BCUT2D eigenvalue weighted by Gasteiger charge is -2.15. The smallest absolute Gasteiger partial charge is 0.189 e. The lowest BCUT2D eigenvalue weighted by Crippen LogP contribution is -2.31. The van der Waals surface area contributed by atoms with Crippen molar-refractivity contribution in [1.82, 2.24) is 5.32 Å². The minimum Gasteiger partial charge on any atom is -0.370 e. The number of nitrogens with one attached hydrogen (secondary N) is 1. The van der Waals surface area contributed by atoms with Gasteiger partial charge in [0.2, 0.25) is 0 Å². The van der Waals surface area contributed by atoms with E-state index in [2.05, 4.69) is 24.2 Å². The second kappa shape index (κ2) is 1.90. The third-order valence-corrected chi connectivity index (χ3v) is 1.80. The van der Waals surface area contributed by atoms with Crippen LogP contribution in [0.1, 0.15) is 20.3 Å². The Bertz CT molecular complexity index is 141. The highest BCUT2D eigenvalue weighted by molar-refractivity contribution is 5.80. The SMILES string of the molecule is CCC1(C)CNC(N)=N1. The van der Waals surface area contributed by atoms with E-state index in [0.717, 1.165) is 13.0 Å². The summed E-state index contributed by atoms with van der Waals surface area (Å²) in [4.78, 5) is 4.22. The van der Waals surface area contributed by atoms with Gasteiger partial charge in [0.15, 0.2) is 5.96 Å². The predicted molar refractivity (Wildman–Crippen MR) is 38.3 cm³/mol. The Morgan fingerprint density at radius 1 is 1.89 bits per heavy atom. The van der Waals surface area contributed by atoms with Gasteiger partial charge < -0.3 is 11.1 Å². The highest BCUT2D eigenvalue weighted by Crippen LogP contribution is 2.16. The summed E-state index contributed by atoms with van der Waals surface area (Å²) < 4.78 is 0. The third-order valence-electron chi connectivity index (χ3n) is 1.80. The number of hydrogen-bond acceptors (Lipinski definition) is 3. The van der Waals surface area contributed by atoms with Gasteiger partial charge in [-0.25, -0.2) is 4.99 Å². The molecule has 52 valence electrons. The van der Waals surface area contributed by atoms with Gasteiger partial charge in [-0.15, -0.1) is 0 Å². The van der Waals surface area contributed by atoms with E-state index in [0.29, 0.717) is 5.96 Å². The van der Waals surface area contributed by atoms with Crippen LogP contribution in [0.15, 0.2) is 4.99 Å². The van der Waals surface area contributed by atoms with Crippen LogP contribution in [-0.2, 0) is 0 Å². The summed E-state index contributed by atoms with van der Waals surface area (Å²) in [5.74, 6) is 0.583. The lowest BCUT2D eigenvalue weighted by atomic mass is 10.0. The van der Waals surface area contributed by atoms with Crippen LogP contribution in [0.25, 0.3) is 0 Å². The van der Waals surface area contributed by atoms with E-state index in [9.17, 15) is 0 Å². The molecular weight excluding hydrogens is 114 g/mol. The molecule has 0 spiro atoms. The van der Waals surface area contributed by atoms with Crippen molar-refractivity contribution >= 4 is 5.96 Å². The van der Waals surface area contributed by atoms with Crippen LogP contribution in [0.5, 0.6) is 0 Å². The van der Waals surface area contributed by atoms with Crippen molar-refractivity contribution in [3.05, 3.63) is 0 Å². The zero-order valence-electron chi connectivity index (χ0n) is 5.94. The molecular formula is C6H13N3. The van der Waals surface area contributed by atoms with E-state index < -0.39 is 0 Å². The average Bonchev–Trinajstić information content (AvgIpc) is 2.13. The molecule has 0 saturated carbocycles. The molecule has 1 heterocycles. The fourth-order valence-corrected chi connectivity index (χ4v) is 0.855. The van der Waals surface area contributed by atoms with Crippen LogP contribution in [0.2, 0.25) is 0 Å². The Labute approximate surface area is 55.3 Å². The molecule has 0 fully saturated rings. The fraction of sp³-hybridized carbons (Fsp3) is 0.833. The highest BCUT2D eigenvalue weighted by Gasteiger charge is 2.25. The first-order valence-electron chi connectivity index (χ1n) is 3.25. The Morgan fingerprint density at radius 2 is 2.56 bits per heavy atom. The van der Waals surface area contributed by atoms with Gasteiger partial charge in [-0.05, 0) is 13.3 Å². The first-order chi connectivity index (χ1) is 4.16. The summed E-state index contributed by atoms with van der Waals surface area (Å²) in [5.41, 5.74) is 5.48. The normalized spacial score (nSPS) is 33.8. The molecule has 0 amide bonds. The van der Waals surface area contributed by atoms with Gasteiger partial charge in [-0.1, -0.05) is 6.92 Å². The number of rotatable bonds is 1. The molecule has 3 heteroatoms. The van der Waals surface area contributed by atoms with Crippen LogP contribution >= 0.6 is 0 Å². The maximum atomic E-state index is 5.42.